The first-order valence-corrected chi connectivity index (χ1v) is 7.25. The van der Waals surface area contributed by atoms with Crippen LogP contribution in [0.3, 0.4) is 0 Å². The van der Waals surface area contributed by atoms with Gasteiger partial charge in [-0.2, -0.15) is 0 Å². The van der Waals surface area contributed by atoms with Crippen LogP contribution in [0.15, 0.2) is 10.5 Å². The molecule has 0 saturated heterocycles. The van der Waals surface area contributed by atoms with Crippen molar-refractivity contribution in [2.45, 2.75) is 20.4 Å². The van der Waals surface area contributed by atoms with Gasteiger partial charge in [-0.25, -0.2) is 0 Å². The zero-order valence-corrected chi connectivity index (χ0v) is 12.9. The maximum Gasteiger partial charge on any atom is 0.317 e. The van der Waals surface area contributed by atoms with Crippen molar-refractivity contribution in [2.75, 3.05) is 13.1 Å². The molecule has 1 heterocycles. The molecule has 0 aliphatic carbocycles. The summed E-state index contributed by atoms with van der Waals surface area (Å²) in [5.74, 6) is -0.361. The van der Waals surface area contributed by atoms with Crippen LogP contribution >= 0.6 is 38.9 Å². The van der Waals surface area contributed by atoms with E-state index in [1.807, 2.05) is 11.0 Å². The Morgan fingerprint density at radius 3 is 2.71 bits per heavy atom. The van der Waals surface area contributed by atoms with E-state index in [0.717, 1.165) is 15.9 Å². The van der Waals surface area contributed by atoms with Crippen molar-refractivity contribution in [1.82, 2.24) is 4.90 Å². The average molecular weight is 341 g/mol. The van der Waals surface area contributed by atoms with E-state index in [1.165, 1.54) is 11.3 Å². The average Bonchev–Trinajstić information content (AvgIpc) is 2.42. The van der Waals surface area contributed by atoms with Crippen LogP contribution in [-0.2, 0) is 11.3 Å². The van der Waals surface area contributed by atoms with Gasteiger partial charge in [0.05, 0.1) is 6.54 Å². The summed E-state index contributed by atoms with van der Waals surface area (Å²) in [6.07, 6.45) is 0. The van der Waals surface area contributed by atoms with Crippen LogP contribution in [0.4, 0.5) is 0 Å². The second-order valence-corrected chi connectivity index (χ2v) is 6.88. The van der Waals surface area contributed by atoms with E-state index in [-0.39, 0.29) is 6.54 Å². The Labute approximate surface area is 119 Å². The molecule has 0 atom stereocenters. The predicted octanol–water partition coefficient (Wildman–Crippen LogP) is 3.71. The van der Waals surface area contributed by atoms with Crippen molar-refractivity contribution in [3.63, 3.8) is 0 Å². The molecule has 3 nitrogen and oxygen atoms in total. The first-order chi connectivity index (χ1) is 7.88. The molecule has 0 aliphatic rings. The zero-order valence-electron chi connectivity index (χ0n) is 9.74. The molecule has 0 saturated carbocycles. The van der Waals surface area contributed by atoms with Gasteiger partial charge >= 0.3 is 5.97 Å². The molecule has 0 radical (unpaired) electrons. The van der Waals surface area contributed by atoms with Gasteiger partial charge in [-0.3, -0.25) is 9.69 Å². The maximum absolute atomic E-state index is 10.8. The minimum Gasteiger partial charge on any atom is -0.480 e. The lowest BCUT2D eigenvalue weighted by atomic mass is 10.2. The second-order valence-electron chi connectivity index (χ2n) is 4.29. The molecule has 1 aromatic heterocycles. The molecular formula is C11H15BrClNO2S. The van der Waals surface area contributed by atoms with E-state index in [4.69, 9.17) is 16.7 Å². The normalized spacial score (nSPS) is 11.4. The molecule has 1 rings (SSSR count). The van der Waals surface area contributed by atoms with Gasteiger partial charge < -0.3 is 5.11 Å². The van der Waals surface area contributed by atoms with Crippen LogP contribution in [0.2, 0.25) is 4.34 Å². The lowest BCUT2D eigenvalue weighted by Gasteiger charge is -2.21. The molecule has 0 unspecified atom stereocenters. The number of nitrogens with zero attached hydrogens (tertiary/aromatic N) is 1. The van der Waals surface area contributed by atoms with E-state index >= 15 is 0 Å². The number of rotatable bonds is 6. The monoisotopic (exact) mass is 339 g/mol. The van der Waals surface area contributed by atoms with E-state index in [0.29, 0.717) is 16.8 Å². The number of thiophene rings is 1. The number of carboxylic acids is 1. The summed E-state index contributed by atoms with van der Waals surface area (Å²) in [4.78, 5) is 13.8. The smallest absolute Gasteiger partial charge is 0.317 e. The van der Waals surface area contributed by atoms with Crippen molar-refractivity contribution < 1.29 is 9.90 Å². The first-order valence-electron chi connectivity index (χ1n) is 5.26. The summed E-state index contributed by atoms with van der Waals surface area (Å²) in [6.45, 7) is 5.60. The Bertz CT molecular complexity index is 375. The van der Waals surface area contributed by atoms with Crippen LogP contribution in [0.5, 0.6) is 0 Å². The molecule has 0 fully saturated rings. The Hall–Kier alpha value is -0.100. The highest BCUT2D eigenvalue weighted by Gasteiger charge is 2.14. The Balaban J connectivity index is 2.67. The largest absolute Gasteiger partial charge is 0.480 e. The SMILES string of the molecule is CC(C)CN(CC(=O)O)Cc1cc(Br)c(Cl)s1. The van der Waals surface area contributed by atoms with Gasteiger partial charge in [0.1, 0.15) is 4.34 Å². The van der Waals surface area contributed by atoms with Crippen LogP contribution < -0.4 is 0 Å². The molecule has 0 bridgehead atoms. The Kier molecular flexibility index (Phi) is 5.92. The van der Waals surface area contributed by atoms with Crippen molar-refractivity contribution >= 4 is 44.8 Å². The highest BCUT2D eigenvalue weighted by Crippen LogP contribution is 2.32. The molecule has 96 valence electrons. The topological polar surface area (TPSA) is 40.5 Å². The quantitative estimate of drug-likeness (QED) is 0.858. The van der Waals surface area contributed by atoms with E-state index in [9.17, 15) is 4.79 Å². The standard InChI is InChI=1S/C11H15BrClNO2S/c1-7(2)4-14(6-10(15)16)5-8-3-9(12)11(13)17-8/h3,7H,4-6H2,1-2H3,(H,15,16). The van der Waals surface area contributed by atoms with Crippen LogP contribution in [0, 0.1) is 5.92 Å². The molecule has 0 amide bonds. The lowest BCUT2D eigenvalue weighted by Crippen LogP contribution is -2.32. The maximum atomic E-state index is 10.8. The highest BCUT2D eigenvalue weighted by atomic mass is 79.9. The van der Waals surface area contributed by atoms with Crippen molar-refractivity contribution in [3.05, 3.63) is 19.8 Å². The lowest BCUT2D eigenvalue weighted by molar-refractivity contribution is -0.138. The zero-order chi connectivity index (χ0) is 13.0. The van der Waals surface area contributed by atoms with Crippen LogP contribution in [-0.4, -0.2) is 29.1 Å². The Morgan fingerprint density at radius 2 is 2.29 bits per heavy atom. The third-order valence-corrected chi connectivity index (χ3v) is 4.52. The van der Waals surface area contributed by atoms with E-state index in [1.54, 1.807) is 0 Å². The fourth-order valence-corrected chi connectivity index (χ4v) is 3.42. The van der Waals surface area contributed by atoms with Crippen LogP contribution in [0.1, 0.15) is 18.7 Å². The summed E-state index contributed by atoms with van der Waals surface area (Å²) < 4.78 is 1.58. The summed E-state index contributed by atoms with van der Waals surface area (Å²) in [5.41, 5.74) is 0. The third-order valence-electron chi connectivity index (χ3n) is 2.06. The molecular weight excluding hydrogens is 326 g/mol. The van der Waals surface area contributed by atoms with Crippen molar-refractivity contribution in [3.8, 4) is 0 Å². The van der Waals surface area contributed by atoms with Gasteiger partial charge in [-0.15, -0.1) is 11.3 Å². The summed E-state index contributed by atoms with van der Waals surface area (Å²) in [7, 11) is 0. The van der Waals surface area contributed by atoms with Crippen LogP contribution in [0.25, 0.3) is 0 Å². The van der Waals surface area contributed by atoms with Crippen molar-refractivity contribution in [2.24, 2.45) is 5.92 Å². The van der Waals surface area contributed by atoms with E-state index < -0.39 is 5.97 Å². The number of aliphatic carboxylic acids is 1. The predicted molar refractivity (Wildman–Crippen MR) is 74.8 cm³/mol. The molecule has 0 aliphatic heterocycles. The molecule has 6 heteroatoms. The number of halogens is 2. The number of carboxylic acid groups (broad SMARTS) is 1. The second kappa shape index (κ2) is 6.73. The molecule has 1 N–H and O–H groups in total. The first kappa shape index (κ1) is 15.0. The number of hydrogen-bond acceptors (Lipinski definition) is 3. The highest BCUT2D eigenvalue weighted by molar-refractivity contribution is 9.10. The van der Waals surface area contributed by atoms with Gasteiger partial charge in [0.15, 0.2) is 0 Å². The van der Waals surface area contributed by atoms with Crippen molar-refractivity contribution in [1.29, 1.82) is 0 Å². The summed E-state index contributed by atoms with van der Waals surface area (Å²) >= 11 is 10.8. The van der Waals surface area contributed by atoms with Gasteiger partial charge in [0.2, 0.25) is 0 Å². The fraction of sp³-hybridized carbons (Fsp3) is 0.545. The Morgan fingerprint density at radius 1 is 1.65 bits per heavy atom. The number of carbonyl (C=O) groups is 1. The summed E-state index contributed by atoms with van der Waals surface area (Å²) in [6, 6.07) is 1.95. The van der Waals surface area contributed by atoms with Gasteiger partial charge in [-0.05, 0) is 27.9 Å². The third kappa shape index (κ3) is 5.38. The van der Waals surface area contributed by atoms with Gasteiger partial charge in [0, 0.05) is 22.4 Å². The minimum absolute atomic E-state index is 0.0608. The van der Waals surface area contributed by atoms with Gasteiger partial charge in [-0.1, -0.05) is 25.4 Å². The molecule has 1 aromatic rings. The molecule has 0 spiro atoms. The molecule has 0 aromatic carbocycles. The number of hydrogen-bond donors (Lipinski definition) is 1. The minimum atomic E-state index is -0.799. The van der Waals surface area contributed by atoms with Gasteiger partial charge in [0.25, 0.3) is 0 Å². The molecule has 17 heavy (non-hydrogen) atoms. The van der Waals surface area contributed by atoms with E-state index in [2.05, 4.69) is 29.8 Å². The summed E-state index contributed by atoms with van der Waals surface area (Å²) in [5, 5.41) is 8.86. The fourth-order valence-electron chi connectivity index (χ4n) is 1.58.